The summed E-state index contributed by atoms with van der Waals surface area (Å²) in [7, 11) is 0. The Kier molecular flexibility index (Phi) is 6.09. The third-order valence-corrected chi connectivity index (χ3v) is 8.31. The molecule has 1 atom stereocenters. The maximum Gasteiger partial charge on any atom is 0.294 e. The number of rotatable bonds is 5. The highest BCUT2D eigenvalue weighted by atomic mass is 32.2. The molecule has 0 bridgehead atoms. The third kappa shape index (κ3) is 4.23. The summed E-state index contributed by atoms with van der Waals surface area (Å²) in [5.74, 6) is 5.80. The van der Waals surface area contributed by atoms with Crippen molar-refractivity contribution in [1.82, 2.24) is 25.3 Å². The SMILES string of the molecule is Cc1nnc(SCC(=O)N2NC3=C(CCC/C3=C\c3cccs3)[C@H]2c2cccs2)n(N)c1=O. The number of aromatic nitrogens is 3. The quantitative estimate of drug-likeness (QED) is 0.410. The Balaban J connectivity index is 1.42. The van der Waals surface area contributed by atoms with Gasteiger partial charge in [-0.05, 0) is 66.3 Å². The molecule has 11 heteroatoms. The van der Waals surface area contributed by atoms with Crippen LogP contribution in [0.25, 0.3) is 6.08 Å². The zero-order chi connectivity index (χ0) is 22.9. The summed E-state index contributed by atoms with van der Waals surface area (Å²) in [6, 6.07) is 8.08. The molecule has 2 aliphatic rings. The van der Waals surface area contributed by atoms with Gasteiger partial charge < -0.3 is 5.84 Å². The second-order valence-corrected chi connectivity index (χ2v) is 10.7. The fraction of sp³-hybridized carbons (Fsp3) is 0.273. The van der Waals surface area contributed by atoms with Crippen molar-refractivity contribution in [2.45, 2.75) is 37.4 Å². The van der Waals surface area contributed by atoms with Gasteiger partial charge in [0.05, 0.1) is 11.4 Å². The lowest BCUT2D eigenvalue weighted by molar-refractivity contribution is -0.131. The molecule has 33 heavy (non-hydrogen) atoms. The van der Waals surface area contributed by atoms with E-state index < -0.39 is 5.56 Å². The molecule has 3 aromatic heterocycles. The number of thiophene rings is 2. The largest absolute Gasteiger partial charge is 0.334 e. The Morgan fingerprint density at radius 2 is 2.09 bits per heavy atom. The molecule has 0 spiro atoms. The van der Waals surface area contributed by atoms with Crippen molar-refractivity contribution >= 4 is 46.4 Å². The number of carbonyl (C=O) groups excluding carboxylic acids is 1. The zero-order valence-electron chi connectivity index (χ0n) is 17.9. The molecular formula is C22H22N6O2S3. The average molecular weight is 499 g/mol. The first-order chi connectivity index (χ1) is 16.0. The minimum atomic E-state index is -0.420. The van der Waals surface area contributed by atoms with Crippen molar-refractivity contribution in [2.24, 2.45) is 0 Å². The normalized spacial score (nSPS) is 19.1. The first-order valence-electron chi connectivity index (χ1n) is 10.5. The zero-order valence-corrected chi connectivity index (χ0v) is 20.3. The van der Waals surface area contributed by atoms with Gasteiger partial charge in [0.15, 0.2) is 0 Å². The lowest BCUT2D eigenvalue weighted by Crippen LogP contribution is -2.41. The topological polar surface area (TPSA) is 106 Å². The standard InChI is InChI=1S/C22H22N6O2S3/c1-13-21(30)27(23)22(25-24-13)33-12-18(29)28-20(17-8-4-10-32-17)16-7-2-5-14(19(16)26-28)11-15-6-3-9-31-15/h3-4,6,8-11,20,26H,2,5,7,12,23H2,1H3/b14-11+/t20-/m0/s1. The number of aryl methyl sites for hydroxylation is 1. The lowest BCUT2D eigenvalue weighted by Gasteiger charge is -2.25. The number of hydrogen-bond donors (Lipinski definition) is 2. The molecule has 3 N–H and O–H groups in total. The van der Waals surface area contributed by atoms with Crippen LogP contribution in [0.5, 0.6) is 0 Å². The maximum absolute atomic E-state index is 13.4. The average Bonchev–Trinajstić information content (AvgIpc) is 3.57. The van der Waals surface area contributed by atoms with Gasteiger partial charge in [0.1, 0.15) is 11.7 Å². The number of hydrogen-bond acceptors (Lipinski definition) is 9. The highest BCUT2D eigenvalue weighted by molar-refractivity contribution is 7.99. The second kappa shape index (κ2) is 9.16. The minimum Gasteiger partial charge on any atom is -0.334 e. The number of thioether (sulfide) groups is 1. The number of amides is 1. The van der Waals surface area contributed by atoms with E-state index in [4.69, 9.17) is 5.84 Å². The van der Waals surface area contributed by atoms with Crippen LogP contribution < -0.4 is 16.8 Å². The Hall–Kier alpha value is -2.89. The van der Waals surface area contributed by atoms with Gasteiger partial charge >= 0.3 is 0 Å². The summed E-state index contributed by atoms with van der Waals surface area (Å²) in [6.07, 6.45) is 5.18. The van der Waals surface area contributed by atoms with Crippen LogP contribution in [0.3, 0.4) is 0 Å². The molecule has 0 aromatic carbocycles. The van der Waals surface area contributed by atoms with Crippen molar-refractivity contribution in [3.63, 3.8) is 0 Å². The molecule has 170 valence electrons. The highest BCUT2D eigenvalue weighted by Gasteiger charge is 2.39. The van der Waals surface area contributed by atoms with Gasteiger partial charge in [0.2, 0.25) is 5.16 Å². The first-order valence-corrected chi connectivity index (χ1v) is 13.2. The predicted octanol–water partition coefficient (Wildman–Crippen LogP) is 3.49. The summed E-state index contributed by atoms with van der Waals surface area (Å²) in [5, 5.41) is 13.8. The molecule has 0 unspecified atom stereocenters. The van der Waals surface area contributed by atoms with E-state index in [2.05, 4.69) is 39.2 Å². The van der Waals surface area contributed by atoms with Gasteiger partial charge in [0, 0.05) is 9.75 Å². The number of nitrogens with one attached hydrogen (secondary N) is 1. The molecule has 1 aliphatic heterocycles. The summed E-state index contributed by atoms with van der Waals surface area (Å²) in [6.45, 7) is 1.55. The molecule has 1 amide bonds. The fourth-order valence-electron chi connectivity index (χ4n) is 4.09. The van der Waals surface area contributed by atoms with E-state index in [9.17, 15) is 9.59 Å². The highest BCUT2D eigenvalue weighted by Crippen LogP contribution is 2.45. The maximum atomic E-state index is 13.4. The van der Waals surface area contributed by atoms with E-state index in [1.807, 2.05) is 17.5 Å². The number of hydrazine groups is 1. The van der Waals surface area contributed by atoms with Gasteiger partial charge in [-0.3, -0.25) is 15.0 Å². The first kappa shape index (κ1) is 21.9. The van der Waals surface area contributed by atoms with Crippen LogP contribution in [-0.4, -0.2) is 31.5 Å². The number of nitrogens with two attached hydrogens (primary N) is 1. The fourth-order valence-corrected chi connectivity index (χ4v) is 6.33. The van der Waals surface area contributed by atoms with Crippen LogP contribution in [0.4, 0.5) is 0 Å². The van der Waals surface area contributed by atoms with E-state index in [0.29, 0.717) is 0 Å². The summed E-state index contributed by atoms with van der Waals surface area (Å²) in [4.78, 5) is 27.7. The minimum absolute atomic E-state index is 0.0772. The third-order valence-electron chi connectivity index (χ3n) is 5.64. The predicted molar refractivity (Wildman–Crippen MR) is 132 cm³/mol. The van der Waals surface area contributed by atoms with Gasteiger partial charge in [-0.15, -0.1) is 32.9 Å². The number of nitrogens with zero attached hydrogens (tertiary/aromatic N) is 4. The molecule has 3 aromatic rings. The van der Waals surface area contributed by atoms with Gasteiger partial charge in [-0.25, -0.2) is 5.01 Å². The molecule has 0 saturated heterocycles. The molecule has 0 saturated carbocycles. The number of allylic oxidation sites excluding steroid dienone is 1. The van der Waals surface area contributed by atoms with Crippen LogP contribution in [-0.2, 0) is 4.79 Å². The van der Waals surface area contributed by atoms with E-state index in [0.717, 1.165) is 46.3 Å². The Morgan fingerprint density at radius 1 is 1.27 bits per heavy atom. The second-order valence-electron chi connectivity index (χ2n) is 7.76. The van der Waals surface area contributed by atoms with Crippen molar-refractivity contribution in [3.05, 3.63) is 77.7 Å². The van der Waals surface area contributed by atoms with Crippen LogP contribution in [0.1, 0.15) is 40.8 Å². The van der Waals surface area contributed by atoms with E-state index in [1.54, 1.807) is 34.6 Å². The van der Waals surface area contributed by atoms with Gasteiger partial charge in [0.25, 0.3) is 11.5 Å². The molecule has 8 nitrogen and oxygen atoms in total. The number of nitrogen functional groups attached to an aromatic ring is 1. The Morgan fingerprint density at radius 3 is 2.85 bits per heavy atom. The van der Waals surface area contributed by atoms with E-state index in [1.165, 1.54) is 16.0 Å². The van der Waals surface area contributed by atoms with Crippen LogP contribution in [0, 0.1) is 6.92 Å². The molecule has 0 radical (unpaired) electrons. The monoisotopic (exact) mass is 498 g/mol. The summed E-state index contributed by atoms with van der Waals surface area (Å²) < 4.78 is 0.944. The van der Waals surface area contributed by atoms with Crippen LogP contribution >= 0.6 is 34.4 Å². The van der Waals surface area contributed by atoms with Crippen LogP contribution in [0.2, 0.25) is 0 Å². The van der Waals surface area contributed by atoms with Crippen molar-refractivity contribution in [1.29, 1.82) is 0 Å². The van der Waals surface area contributed by atoms with E-state index >= 15 is 0 Å². The summed E-state index contributed by atoms with van der Waals surface area (Å²) >= 11 is 4.46. The van der Waals surface area contributed by atoms with Crippen molar-refractivity contribution in [3.8, 4) is 0 Å². The smallest absolute Gasteiger partial charge is 0.294 e. The summed E-state index contributed by atoms with van der Waals surface area (Å²) in [5.41, 5.74) is 6.74. The van der Waals surface area contributed by atoms with Crippen molar-refractivity contribution < 1.29 is 4.79 Å². The van der Waals surface area contributed by atoms with Gasteiger partial charge in [-0.2, -0.15) is 4.68 Å². The number of carbonyl (C=O) groups is 1. The van der Waals surface area contributed by atoms with Crippen molar-refractivity contribution in [2.75, 3.05) is 11.6 Å². The lowest BCUT2D eigenvalue weighted by atomic mass is 9.88. The van der Waals surface area contributed by atoms with E-state index in [-0.39, 0.29) is 28.6 Å². The Labute approximate surface area is 202 Å². The molecular weight excluding hydrogens is 476 g/mol. The van der Waals surface area contributed by atoms with Crippen LogP contribution in [0.15, 0.2) is 61.8 Å². The molecule has 0 fully saturated rings. The molecule has 5 rings (SSSR count). The molecule has 1 aliphatic carbocycles. The Bertz CT molecular complexity index is 1290. The van der Waals surface area contributed by atoms with Gasteiger partial charge in [-0.1, -0.05) is 23.9 Å². The molecule has 4 heterocycles.